The van der Waals surface area contributed by atoms with Crippen LogP contribution in [-0.4, -0.2) is 41.9 Å². The number of pyridine rings is 1. The zero-order valence-electron chi connectivity index (χ0n) is 13.8. The van der Waals surface area contributed by atoms with Crippen molar-refractivity contribution in [3.63, 3.8) is 0 Å². The Bertz CT molecular complexity index is 576. The highest BCUT2D eigenvalue weighted by molar-refractivity contribution is 5.90. The SMILES string of the molecule is COC(=O)c1ncccc1OC1CC(NC(=O)OC(C)(C)C)C1. The molecule has 0 radical (unpaired) electrons. The molecule has 0 unspecified atom stereocenters. The highest BCUT2D eigenvalue weighted by Gasteiger charge is 2.34. The summed E-state index contributed by atoms with van der Waals surface area (Å²) in [6, 6.07) is 3.37. The molecule has 1 saturated carbocycles. The van der Waals surface area contributed by atoms with Crippen molar-refractivity contribution in [3.8, 4) is 5.75 Å². The first-order valence-corrected chi connectivity index (χ1v) is 7.48. The summed E-state index contributed by atoms with van der Waals surface area (Å²) < 4.78 is 15.6. The average Bonchev–Trinajstić information content (AvgIpc) is 2.42. The number of methoxy groups -OCH3 is 1. The second kappa shape index (κ2) is 6.85. The van der Waals surface area contributed by atoms with Crippen molar-refractivity contribution in [2.75, 3.05) is 7.11 Å². The number of alkyl carbamates (subject to hydrolysis) is 1. The van der Waals surface area contributed by atoms with E-state index in [0.29, 0.717) is 18.6 Å². The van der Waals surface area contributed by atoms with Gasteiger partial charge in [-0.2, -0.15) is 0 Å². The van der Waals surface area contributed by atoms with Crippen molar-refractivity contribution in [3.05, 3.63) is 24.0 Å². The third kappa shape index (κ3) is 4.84. The Balaban J connectivity index is 1.83. The van der Waals surface area contributed by atoms with Gasteiger partial charge in [0.25, 0.3) is 0 Å². The number of carbonyl (C=O) groups excluding carboxylic acids is 2. The lowest BCUT2D eigenvalue weighted by atomic mass is 9.89. The maximum absolute atomic E-state index is 11.7. The second-order valence-electron chi connectivity index (χ2n) is 6.40. The molecule has 1 aromatic heterocycles. The van der Waals surface area contributed by atoms with Gasteiger partial charge >= 0.3 is 12.1 Å². The molecular formula is C16H22N2O5. The number of carbonyl (C=O) groups is 2. The van der Waals surface area contributed by atoms with Crippen LogP contribution in [0.2, 0.25) is 0 Å². The number of rotatable bonds is 4. The minimum atomic E-state index is -0.539. The second-order valence-corrected chi connectivity index (χ2v) is 6.40. The van der Waals surface area contributed by atoms with Gasteiger partial charge in [0.1, 0.15) is 11.7 Å². The molecule has 1 N–H and O–H groups in total. The molecule has 1 heterocycles. The molecule has 1 aliphatic rings. The molecule has 0 aromatic carbocycles. The van der Waals surface area contributed by atoms with Gasteiger partial charge in [0.05, 0.1) is 7.11 Å². The largest absolute Gasteiger partial charge is 0.488 e. The summed E-state index contributed by atoms with van der Waals surface area (Å²) in [4.78, 5) is 27.3. The molecule has 126 valence electrons. The molecule has 1 fully saturated rings. The van der Waals surface area contributed by atoms with Crippen LogP contribution in [0, 0.1) is 0 Å². The molecular weight excluding hydrogens is 300 g/mol. The molecule has 0 spiro atoms. The first kappa shape index (κ1) is 17.1. The number of nitrogens with zero attached hydrogens (tertiary/aromatic N) is 1. The van der Waals surface area contributed by atoms with E-state index < -0.39 is 17.7 Å². The summed E-state index contributed by atoms with van der Waals surface area (Å²) in [6.45, 7) is 5.45. The quantitative estimate of drug-likeness (QED) is 0.856. The van der Waals surface area contributed by atoms with Crippen molar-refractivity contribution in [1.29, 1.82) is 0 Å². The van der Waals surface area contributed by atoms with E-state index in [1.165, 1.54) is 13.3 Å². The molecule has 0 aliphatic heterocycles. The van der Waals surface area contributed by atoms with E-state index >= 15 is 0 Å². The summed E-state index contributed by atoms with van der Waals surface area (Å²) in [5, 5.41) is 2.79. The Kier molecular flexibility index (Phi) is 5.08. The number of nitrogens with one attached hydrogen (secondary N) is 1. The highest BCUT2D eigenvalue weighted by Crippen LogP contribution is 2.28. The standard InChI is InChI=1S/C16H22N2O5/c1-16(2,3)23-15(20)18-10-8-11(9-10)22-12-6-5-7-17-13(12)14(19)21-4/h5-7,10-11H,8-9H2,1-4H3,(H,18,20). The van der Waals surface area contributed by atoms with Crippen LogP contribution in [0.1, 0.15) is 44.1 Å². The van der Waals surface area contributed by atoms with Crippen LogP contribution < -0.4 is 10.1 Å². The zero-order valence-corrected chi connectivity index (χ0v) is 13.8. The van der Waals surface area contributed by atoms with Crippen molar-refractivity contribution in [2.45, 2.75) is 51.4 Å². The van der Waals surface area contributed by atoms with Gasteiger partial charge in [0.15, 0.2) is 11.4 Å². The van der Waals surface area contributed by atoms with E-state index in [2.05, 4.69) is 15.0 Å². The van der Waals surface area contributed by atoms with Gasteiger partial charge in [-0.05, 0) is 32.9 Å². The first-order valence-electron chi connectivity index (χ1n) is 7.48. The summed E-state index contributed by atoms with van der Waals surface area (Å²) in [6.07, 6.45) is 2.29. The minimum Gasteiger partial charge on any atom is -0.488 e. The van der Waals surface area contributed by atoms with Gasteiger partial charge in [-0.3, -0.25) is 0 Å². The third-order valence-corrected chi connectivity index (χ3v) is 3.26. The van der Waals surface area contributed by atoms with Crippen LogP contribution in [0.5, 0.6) is 5.75 Å². The summed E-state index contributed by atoms with van der Waals surface area (Å²) in [7, 11) is 1.30. The van der Waals surface area contributed by atoms with Crippen molar-refractivity contribution >= 4 is 12.1 Å². The van der Waals surface area contributed by atoms with Gasteiger partial charge in [0, 0.05) is 25.1 Å². The minimum absolute atomic E-state index is 0.00750. The maximum atomic E-state index is 11.7. The summed E-state index contributed by atoms with van der Waals surface area (Å²) in [5.74, 6) is -0.150. The van der Waals surface area contributed by atoms with Crippen LogP contribution in [0.25, 0.3) is 0 Å². The van der Waals surface area contributed by atoms with E-state index in [1.54, 1.807) is 12.1 Å². The monoisotopic (exact) mass is 322 g/mol. The third-order valence-electron chi connectivity index (χ3n) is 3.26. The van der Waals surface area contributed by atoms with Gasteiger partial charge in [-0.25, -0.2) is 14.6 Å². The van der Waals surface area contributed by atoms with E-state index in [9.17, 15) is 9.59 Å². The normalized spacial score (nSPS) is 20.2. The molecule has 0 atom stereocenters. The molecule has 2 rings (SSSR count). The Hall–Kier alpha value is -2.31. The molecule has 1 aliphatic carbocycles. The lowest BCUT2D eigenvalue weighted by molar-refractivity contribution is 0.0357. The van der Waals surface area contributed by atoms with E-state index in [1.807, 2.05) is 20.8 Å². The number of aromatic nitrogens is 1. The lowest BCUT2D eigenvalue weighted by Crippen LogP contribution is -2.50. The highest BCUT2D eigenvalue weighted by atomic mass is 16.6. The number of amides is 1. The molecule has 7 nitrogen and oxygen atoms in total. The van der Waals surface area contributed by atoms with Crippen LogP contribution in [0.4, 0.5) is 4.79 Å². The molecule has 7 heteroatoms. The maximum Gasteiger partial charge on any atom is 0.407 e. The predicted molar refractivity (Wildman–Crippen MR) is 82.4 cm³/mol. The Morgan fingerprint density at radius 1 is 1.30 bits per heavy atom. The van der Waals surface area contributed by atoms with Crippen LogP contribution in [0.15, 0.2) is 18.3 Å². The van der Waals surface area contributed by atoms with Crippen LogP contribution >= 0.6 is 0 Å². The van der Waals surface area contributed by atoms with Crippen molar-refractivity contribution < 1.29 is 23.8 Å². The topological polar surface area (TPSA) is 86.8 Å². The molecule has 23 heavy (non-hydrogen) atoms. The van der Waals surface area contributed by atoms with Crippen LogP contribution in [0.3, 0.4) is 0 Å². The fourth-order valence-corrected chi connectivity index (χ4v) is 2.17. The zero-order chi connectivity index (χ0) is 17.0. The number of ether oxygens (including phenoxy) is 3. The van der Waals surface area contributed by atoms with Crippen molar-refractivity contribution in [2.24, 2.45) is 0 Å². The first-order chi connectivity index (χ1) is 10.8. The van der Waals surface area contributed by atoms with Gasteiger partial charge < -0.3 is 19.5 Å². The van der Waals surface area contributed by atoms with Crippen LogP contribution in [-0.2, 0) is 9.47 Å². The van der Waals surface area contributed by atoms with Gasteiger partial charge in [-0.15, -0.1) is 0 Å². The molecule has 1 aromatic rings. The van der Waals surface area contributed by atoms with Gasteiger partial charge in [-0.1, -0.05) is 0 Å². The van der Waals surface area contributed by atoms with E-state index in [0.717, 1.165) is 0 Å². The Morgan fingerprint density at radius 2 is 2.00 bits per heavy atom. The number of esters is 1. The summed E-state index contributed by atoms with van der Waals surface area (Å²) in [5.41, 5.74) is -0.368. The molecule has 0 saturated heterocycles. The predicted octanol–water partition coefficient (Wildman–Crippen LogP) is 2.30. The van der Waals surface area contributed by atoms with Crippen molar-refractivity contribution in [1.82, 2.24) is 10.3 Å². The van der Waals surface area contributed by atoms with E-state index in [-0.39, 0.29) is 17.8 Å². The average molecular weight is 322 g/mol. The summed E-state index contributed by atoms with van der Waals surface area (Å²) >= 11 is 0. The number of hydrogen-bond donors (Lipinski definition) is 1. The molecule has 1 amide bonds. The lowest BCUT2D eigenvalue weighted by Gasteiger charge is -2.36. The fraction of sp³-hybridized carbons (Fsp3) is 0.562. The Labute approximate surface area is 135 Å². The molecule has 0 bridgehead atoms. The number of hydrogen-bond acceptors (Lipinski definition) is 6. The smallest absolute Gasteiger partial charge is 0.407 e. The fourth-order valence-electron chi connectivity index (χ4n) is 2.17. The Morgan fingerprint density at radius 3 is 2.61 bits per heavy atom. The van der Waals surface area contributed by atoms with Gasteiger partial charge in [0.2, 0.25) is 0 Å². The van der Waals surface area contributed by atoms with E-state index in [4.69, 9.17) is 9.47 Å².